The van der Waals surface area contributed by atoms with Gasteiger partial charge in [-0.1, -0.05) is 18.2 Å². The fourth-order valence-corrected chi connectivity index (χ4v) is 3.21. The molecule has 0 aliphatic heterocycles. The van der Waals surface area contributed by atoms with Crippen molar-refractivity contribution in [3.63, 3.8) is 0 Å². The maximum absolute atomic E-state index is 12.9. The first kappa shape index (κ1) is 17.2. The lowest BCUT2D eigenvalue weighted by Crippen LogP contribution is -2.22. The number of phenolic OH excluding ortho intramolecular Hbond substituents is 2. The van der Waals surface area contributed by atoms with Gasteiger partial charge in [0.15, 0.2) is 11.5 Å². The van der Waals surface area contributed by atoms with Gasteiger partial charge < -0.3 is 15.5 Å². The summed E-state index contributed by atoms with van der Waals surface area (Å²) in [6.07, 6.45) is 0. The zero-order valence-corrected chi connectivity index (χ0v) is 14.2. The van der Waals surface area contributed by atoms with Gasteiger partial charge in [-0.3, -0.25) is 19.7 Å². The number of hydrogen-bond donors (Lipinski definition) is 3. The smallest absolute Gasteiger partial charge is 0.283 e. The third-order valence-electron chi connectivity index (χ3n) is 4.48. The van der Waals surface area contributed by atoms with Crippen LogP contribution in [-0.2, 0) is 0 Å². The van der Waals surface area contributed by atoms with Gasteiger partial charge in [0.1, 0.15) is 11.3 Å². The van der Waals surface area contributed by atoms with Crippen LogP contribution in [0.2, 0.25) is 0 Å². The Morgan fingerprint density at radius 3 is 2.21 bits per heavy atom. The van der Waals surface area contributed by atoms with E-state index in [0.29, 0.717) is 5.69 Å². The predicted molar refractivity (Wildman–Crippen MR) is 99.5 cm³/mol. The third kappa shape index (κ3) is 2.55. The van der Waals surface area contributed by atoms with Gasteiger partial charge in [-0.05, 0) is 30.3 Å². The lowest BCUT2D eigenvalue weighted by Gasteiger charge is -2.20. The molecule has 3 N–H and O–H groups in total. The summed E-state index contributed by atoms with van der Waals surface area (Å²) in [7, 11) is 0. The van der Waals surface area contributed by atoms with Crippen LogP contribution in [0.3, 0.4) is 0 Å². The molecule has 0 amide bonds. The number of nitro benzene ring substituents is 1. The van der Waals surface area contributed by atoms with E-state index in [4.69, 9.17) is 0 Å². The van der Waals surface area contributed by atoms with Gasteiger partial charge in [-0.2, -0.15) is 0 Å². The number of anilines is 2. The summed E-state index contributed by atoms with van der Waals surface area (Å²) in [6, 6.07) is 13.1. The second-order valence-electron chi connectivity index (χ2n) is 6.18. The molecule has 8 heteroatoms. The standard InChI is InChI=1S/C20H12N2O6/c23-11-6-7-12-13(8-11)19(25)16-15(22(27)28)9-14(20(26)17(16)18(12)24)21-10-4-2-1-3-5-10/h1-9,21,23,26H. The fourth-order valence-electron chi connectivity index (χ4n) is 3.21. The van der Waals surface area contributed by atoms with Crippen molar-refractivity contribution in [2.75, 3.05) is 5.32 Å². The van der Waals surface area contributed by atoms with Crippen molar-refractivity contribution in [3.8, 4) is 11.5 Å². The Bertz CT molecular complexity index is 1170. The first-order valence-electron chi connectivity index (χ1n) is 8.17. The quantitative estimate of drug-likeness (QED) is 0.283. The van der Waals surface area contributed by atoms with Crippen LogP contribution in [0.25, 0.3) is 0 Å². The monoisotopic (exact) mass is 376 g/mol. The number of carbonyl (C=O) groups is 2. The van der Waals surface area contributed by atoms with Crippen molar-refractivity contribution in [1.82, 2.24) is 0 Å². The molecule has 1 aliphatic rings. The van der Waals surface area contributed by atoms with Crippen molar-refractivity contribution < 1.29 is 24.7 Å². The summed E-state index contributed by atoms with van der Waals surface area (Å²) < 4.78 is 0. The van der Waals surface area contributed by atoms with Crippen LogP contribution >= 0.6 is 0 Å². The zero-order valence-electron chi connectivity index (χ0n) is 14.2. The zero-order chi connectivity index (χ0) is 20.0. The maximum Gasteiger partial charge on any atom is 0.283 e. The number of benzene rings is 3. The number of hydrogen-bond acceptors (Lipinski definition) is 7. The highest BCUT2D eigenvalue weighted by Gasteiger charge is 2.39. The van der Waals surface area contributed by atoms with E-state index in [9.17, 15) is 29.9 Å². The summed E-state index contributed by atoms with van der Waals surface area (Å²) in [5.41, 5.74) is -1.27. The van der Waals surface area contributed by atoms with Crippen molar-refractivity contribution in [3.05, 3.63) is 87.0 Å². The Morgan fingerprint density at radius 2 is 1.54 bits per heavy atom. The molecule has 1 aliphatic carbocycles. The Hall–Kier alpha value is -4.20. The van der Waals surface area contributed by atoms with Crippen LogP contribution in [0.5, 0.6) is 11.5 Å². The Morgan fingerprint density at radius 1 is 0.857 bits per heavy atom. The molecule has 28 heavy (non-hydrogen) atoms. The minimum absolute atomic E-state index is 0.0447. The largest absolute Gasteiger partial charge is 0.508 e. The van der Waals surface area contributed by atoms with Crippen molar-refractivity contribution >= 4 is 28.6 Å². The molecule has 0 atom stereocenters. The molecule has 0 saturated carbocycles. The molecule has 0 aromatic heterocycles. The molecular formula is C20H12N2O6. The minimum atomic E-state index is -0.811. The topological polar surface area (TPSA) is 130 Å². The number of aromatic hydroxyl groups is 2. The van der Waals surface area contributed by atoms with E-state index in [2.05, 4.69) is 5.32 Å². The van der Waals surface area contributed by atoms with Crippen LogP contribution in [-0.4, -0.2) is 26.7 Å². The molecule has 0 spiro atoms. The number of ketones is 2. The Labute approximate surface area is 157 Å². The molecule has 0 heterocycles. The number of nitrogens with one attached hydrogen (secondary N) is 1. The van der Waals surface area contributed by atoms with Gasteiger partial charge in [0.25, 0.3) is 5.69 Å². The Kier molecular flexibility index (Phi) is 3.82. The number of rotatable bonds is 3. The summed E-state index contributed by atoms with van der Waals surface area (Å²) in [5.74, 6) is -2.35. The van der Waals surface area contributed by atoms with Crippen molar-refractivity contribution in [2.24, 2.45) is 0 Å². The highest BCUT2D eigenvalue weighted by atomic mass is 16.6. The average molecular weight is 376 g/mol. The summed E-state index contributed by atoms with van der Waals surface area (Å²) >= 11 is 0. The van der Waals surface area contributed by atoms with E-state index in [0.717, 1.165) is 12.1 Å². The number of fused-ring (bicyclic) bond motifs is 2. The van der Waals surface area contributed by atoms with Crippen molar-refractivity contribution in [2.45, 2.75) is 0 Å². The van der Waals surface area contributed by atoms with Crippen LogP contribution in [0.15, 0.2) is 54.6 Å². The number of phenols is 2. The van der Waals surface area contributed by atoms with Gasteiger partial charge in [0.2, 0.25) is 5.78 Å². The van der Waals surface area contributed by atoms with E-state index in [1.165, 1.54) is 12.1 Å². The SMILES string of the molecule is O=C1c2cc(O)ccc2C(=O)c2c(O)c(Nc3ccccc3)cc([N+](=O)[O-])c21. The van der Waals surface area contributed by atoms with Gasteiger partial charge in [-0.25, -0.2) is 0 Å². The third-order valence-corrected chi connectivity index (χ3v) is 4.48. The van der Waals surface area contributed by atoms with Gasteiger partial charge in [-0.15, -0.1) is 0 Å². The normalized spacial score (nSPS) is 12.3. The van der Waals surface area contributed by atoms with Crippen LogP contribution < -0.4 is 5.32 Å². The Balaban J connectivity index is 1.97. The number of nitro groups is 1. The van der Waals surface area contributed by atoms with Crippen LogP contribution in [0.4, 0.5) is 17.1 Å². The van der Waals surface area contributed by atoms with Gasteiger partial charge in [0, 0.05) is 22.9 Å². The van der Waals surface area contributed by atoms with E-state index in [-0.39, 0.29) is 22.6 Å². The lowest BCUT2D eigenvalue weighted by molar-refractivity contribution is -0.385. The summed E-state index contributed by atoms with van der Waals surface area (Å²) in [6.45, 7) is 0. The van der Waals surface area contributed by atoms with E-state index < -0.39 is 39.1 Å². The van der Waals surface area contributed by atoms with Crippen LogP contribution in [0.1, 0.15) is 31.8 Å². The van der Waals surface area contributed by atoms with Gasteiger partial charge >= 0.3 is 0 Å². The second-order valence-corrected chi connectivity index (χ2v) is 6.18. The predicted octanol–water partition coefficient (Wildman–Crippen LogP) is 3.53. The molecule has 0 bridgehead atoms. The first-order chi connectivity index (χ1) is 13.4. The molecule has 0 radical (unpaired) electrons. The van der Waals surface area contributed by atoms with E-state index in [1.807, 2.05) is 0 Å². The molecular weight excluding hydrogens is 364 g/mol. The molecule has 4 rings (SSSR count). The molecule has 3 aromatic rings. The highest BCUT2D eigenvalue weighted by Crippen LogP contribution is 2.43. The maximum atomic E-state index is 12.9. The first-order valence-corrected chi connectivity index (χ1v) is 8.17. The molecule has 8 nitrogen and oxygen atoms in total. The summed E-state index contributed by atoms with van der Waals surface area (Å²) in [4.78, 5) is 36.6. The fraction of sp³-hybridized carbons (Fsp3) is 0. The average Bonchev–Trinajstić information content (AvgIpc) is 2.68. The lowest BCUT2D eigenvalue weighted by atomic mass is 9.82. The molecule has 0 fully saturated rings. The molecule has 0 unspecified atom stereocenters. The second kappa shape index (κ2) is 6.20. The van der Waals surface area contributed by atoms with E-state index >= 15 is 0 Å². The number of nitrogens with zero attached hydrogens (tertiary/aromatic N) is 1. The summed E-state index contributed by atoms with van der Waals surface area (Å²) in [5, 5.41) is 34.7. The minimum Gasteiger partial charge on any atom is -0.508 e. The van der Waals surface area contributed by atoms with Crippen LogP contribution in [0, 0.1) is 10.1 Å². The van der Waals surface area contributed by atoms with E-state index in [1.54, 1.807) is 30.3 Å². The number of carbonyl (C=O) groups excluding carboxylic acids is 2. The molecule has 3 aromatic carbocycles. The van der Waals surface area contributed by atoms with Crippen molar-refractivity contribution in [1.29, 1.82) is 0 Å². The molecule has 138 valence electrons. The number of para-hydroxylation sites is 1. The highest BCUT2D eigenvalue weighted by molar-refractivity contribution is 6.31. The molecule has 0 saturated heterocycles. The van der Waals surface area contributed by atoms with Gasteiger partial charge in [0.05, 0.1) is 16.2 Å².